The van der Waals surface area contributed by atoms with Gasteiger partial charge in [0, 0.05) is 36.8 Å². The molecular formula is C25H24F3N3O3. The van der Waals surface area contributed by atoms with Crippen molar-refractivity contribution in [2.75, 3.05) is 6.61 Å². The van der Waals surface area contributed by atoms with Crippen LogP contribution in [0.4, 0.5) is 13.2 Å². The Morgan fingerprint density at radius 3 is 2.50 bits per heavy atom. The van der Waals surface area contributed by atoms with Crippen molar-refractivity contribution in [1.82, 2.24) is 14.3 Å². The van der Waals surface area contributed by atoms with Crippen molar-refractivity contribution in [1.29, 1.82) is 0 Å². The van der Waals surface area contributed by atoms with Gasteiger partial charge >= 0.3 is 12.1 Å². The lowest BCUT2D eigenvalue weighted by Gasteiger charge is -2.13. The minimum Gasteiger partial charge on any atom is -0.493 e. The van der Waals surface area contributed by atoms with Crippen molar-refractivity contribution in [2.45, 2.75) is 32.4 Å². The largest absolute Gasteiger partial charge is 0.493 e. The molecule has 1 unspecified atom stereocenters. The highest BCUT2D eigenvalue weighted by molar-refractivity contribution is 5.88. The van der Waals surface area contributed by atoms with Gasteiger partial charge in [0.15, 0.2) is 0 Å². The van der Waals surface area contributed by atoms with E-state index in [-0.39, 0.29) is 12.3 Å². The lowest BCUT2D eigenvalue weighted by atomic mass is 10.0. The summed E-state index contributed by atoms with van der Waals surface area (Å²) in [7, 11) is 1.86. The molecule has 1 N–H and O–H groups in total. The summed E-state index contributed by atoms with van der Waals surface area (Å²) >= 11 is 0. The Balaban J connectivity index is 1.48. The maximum Gasteiger partial charge on any atom is 0.416 e. The molecule has 2 aromatic carbocycles. The summed E-state index contributed by atoms with van der Waals surface area (Å²) in [4.78, 5) is 11.1. The fourth-order valence-electron chi connectivity index (χ4n) is 4.04. The molecule has 4 aromatic rings. The number of carbonyl (C=O) groups is 1. The molecule has 4 rings (SSSR count). The van der Waals surface area contributed by atoms with Crippen LogP contribution in [-0.2, 0) is 24.4 Å². The first-order valence-corrected chi connectivity index (χ1v) is 10.7. The van der Waals surface area contributed by atoms with Gasteiger partial charge in [-0.25, -0.2) is 4.68 Å². The normalized spacial score (nSPS) is 12.8. The zero-order valence-corrected chi connectivity index (χ0v) is 18.9. The maximum absolute atomic E-state index is 12.8. The minimum absolute atomic E-state index is 0.0186. The number of hydrogen-bond acceptors (Lipinski definition) is 3. The first kappa shape index (κ1) is 23.4. The molecule has 0 aliphatic carbocycles. The monoisotopic (exact) mass is 471 g/mol. The van der Waals surface area contributed by atoms with Crippen LogP contribution in [-0.4, -0.2) is 32.0 Å². The number of halogens is 3. The Hall–Kier alpha value is -3.75. The Labute approximate surface area is 194 Å². The van der Waals surface area contributed by atoms with Crippen LogP contribution in [0.25, 0.3) is 16.6 Å². The van der Waals surface area contributed by atoms with E-state index in [1.54, 1.807) is 4.68 Å². The average Bonchev–Trinajstić information content (AvgIpc) is 3.31. The first-order valence-electron chi connectivity index (χ1n) is 10.7. The second-order valence-electron chi connectivity index (χ2n) is 8.39. The quantitative estimate of drug-likeness (QED) is 0.386. The van der Waals surface area contributed by atoms with Crippen LogP contribution in [0, 0.1) is 6.92 Å². The number of rotatable bonds is 7. The van der Waals surface area contributed by atoms with Gasteiger partial charge < -0.3 is 14.4 Å². The number of aryl methyl sites for hydroxylation is 2. The van der Waals surface area contributed by atoms with Gasteiger partial charge in [-0.1, -0.05) is 6.92 Å². The van der Waals surface area contributed by atoms with E-state index in [1.807, 2.05) is 56.1 Å². The highest BCUT2D eigenvalue weighted by Gasteiger charge is 2.30. The number of carboxylic acid groups (broad SMARTS) is 1. The number of ether oxygens (including phenoxy) is 1. The molecular weight excluding hydrogens is 447 g/mol. The lowest BCUT2D eigenvalue weighted by Crippen LogP contribution is -2.07. The Bertz CT molecular complexity index is 1340. The molecule has 0 aliphatic heterocycles. The van der Waals surface area contributed by atoms with Gasteiger partial charge in [0.1, 0.15) is 5.75 Å². The number of alkyl halides is 3. The Morgan fingerprint density at radius 2 is 1.85 bits per heavy atom. The highest BCUT2D eigenvalue weighted by Crippen LogP contribution is 2.30. The van der Waals surface area contributed by atoms with Gasteiger partial charge in [-0.05, 0) is 54.4 Å². The standard InChI is InChI=1S/C25H24F3N3O3/c1-15(14-34-20-8-9-21-17(10-24(32)33)12-30(3)23(21)11-20)22-13-31(29-16(22)2)19-6-4-18(5-7-19)25(26,27)28/h4-9,11-13,15H,10,14H2,1-3H3,(H,32,33). The summed E-state index contributed by atoms with van der Waals surface area (Å²) in [5.74, 6) is -0.237. The SMILES string of the molecule is Cc1nn(-c2ccc(C(F)(F)F)cc2)cc1C(C)COc1ccc2c(CC(=O)O)cn(C)c2c1. The van der Waals surface area contributed by atoms with E-state index in [9.17, 15) is 18.0 Å². The van der Waals surface area contributed by atoms with Crippen molar-refractivity contribution in [3.63, 3.8) is 0 Å². The molecule has 0 saturated carbocycles. The number of nitrogens with zero attached hydrogens (tertiary/aromatic N) is 3. The van der Waals surface area contributed by atoms with Gasteiger partial charge in [-0.3, -0.25) is 4.79 Å². The molecule has 9 heteroatoms. The van der Waals surface area contributed by atoms with Crippen LogP contribution < -0.4 is 4.74 Å². The Morgan fingerprint density at radius 1 is 1.15 bits per heavy atom. The van der Waals surface area contributed by atoms with Gasteiger partial charge in [-0.2, -0.15) is 18.3 Å². The van der Waals surface area contributed by atoms with E-state index in [1.165, 1.54) is 12.1 Å². The molecule has 2 heterocycles. The van der Waals surface area contributed by atoms with Crippen molar-refractivity contribution in [3.05, 3.63) is 77.2 Å². The maximum atomic E-state index is 12.8. The number of hydrogen-bond donors (Lipinski definition) is 1. The topological polar surface area (TPSA) is 69.3 Å². The number of benzene rings is 2. The second kappa shape index (κ2) is 8.89. The minimum atomic E-state index is -4.38. The molecule has 0 amide bonds. The molecule has 0 aliphatic rings. The van der Waals surface area contributed by atoms with Crippen LogP contribution in [0.1, 0.15) is 35.2 Å². The summed E-state index contributed by atoms with van der Waals surface area (Å²) in [6, 6.07) is 10.4. The fourth-order valence-corrected chi connectivity index (χ4v) is 4.04. The summed E-state index contributed by atoms with van der Waals surface area (Å²) < 4.78 is 47.9. The summed E-state index contributed by atoms with van der Waals surface area (Å²) in [5.41, 5.74) is 3.17. The predicted octanol–water partition coefficient (Wildman–Crippen LogP) is 5.50. The second-order valence-corrected chi connectivity index (χ2v) is 8.39. The predicted molar refractivity (Wildman–Crippen MR) is 121 cm³/mol. The fraction of sp³-hybridized carbons (Fsp3) is 0.280. The van der Waals surface area contributed by atoms with Gasteiger partial charge in [-0.15, -0.1) is 0 Å². The highest BCUT2D eigenvalue weighted by atomic mass is 19.4. The summed E-state index contributed by atoms with van der Waals surface area (Å²) in [6.45, 7) is 4.22. The van der Waals surface area contributed by atoms with E-state index in [2.05, 4.69) is 5.10 Å². The summed E-state index contributed by atoms with van der Waals surface area (Å²) in [5, 5.41) is 14.4. The van der Waals surface area contributed by atoms with Gasteiger partial charge in [0.25, 0.3) is 0 Å². The third kappa shape index (κ3) is 4.78. The van der Waals surface area contributed by atoms with Crippen LogP contribution in [0.2, 0.25) is 0 Å². The van der Waals surface area contributed by atoms with Crippen LogP contribution >= 0.6 is 0 Å². The number of aromatic nitrogens is 3. The zero-order valence-electron chi connectivity index (χ0n) is 18.9. The van der Waals surface area contributed by atoms with Gasteiger partial charge in [0.05, 0.1) is 35.5 Å². The molecule has 0 fully saturated rings. The molecule has 0 spiro atoms. The van der Waals surface area contributed by atoms with Crippen molar-refractivity contribution >= 4 is 16.9 Å². The first-order chi connectivity index (χ1) is 16.0. The van der Waals surface area contributed by atoms with E-state index in [0.29, 0.717) is 18.0 Å². The Kier molecular flexibility index (Phi) is 6.12. The zero-order chi connectivity index (χ0) is 24.6. The van der Waals surface area contributed by atoms with Crippen LogP contribution in [0.3, 0.4) is 0 Å². The van der Waals surface area contributed by atoms with E-state index < -0.39 is 17.7 Å². The lowest BCUT2D eigenvalue weighted by molar-refractivity contribution is -0.138. The number of carboxylic acids is 1. The van der Waals surface area contributed by atoms with Crippen molar-refractivity contribution < 1.29 is 27.8 Å². The molecule has 34 heavy (non-hydrogen) atoms. The number of fused-ring (bicyclic) bond motifs is 1. The van der Waals surface area contributed by atoms with E-state index in [4.69, 9.17) is 9.84 Å². The molecule has 0 saturated heterocycles. The molecule has 0 radical (unpaired) electrons. The molecule has 1 atom stereocenters. The van der Waals surface area contributed by atoms with Crippen LogP contribution in [0.5, 0.6) is 5.75 Å². The smallest absolute Gasteiger partial charge is 0.416 e. The third-order valence-corrected chi connectivity index (χ3v) is 5.81. The van der Waals surface area contributed by atoms with E-state index in [0.717, 1.165) is 39.9 Å². The molecule has 178 valence electrons. The van der Waals surface area contributed by atoms with Crippen LogP contribution in [0.15, 0.2) is 54.9 Å². The van der Waals surface area contributed by atoms with Crippen molar-refractivity contribution in [3.8, 4) is 11.4 Å². The summed E-state index contributed by atoms with van der Waals surface area (Å²) in [6.07, 6.45) is -0.804. The molecule has 6 nitrogen and oxygen atoms in total. The average molecular weight is 471 g/mol. The van der Waals surface area contributed by atoms with E-state index >= 15 is 0 Å². The van der Waals surface area contributed by atoms with Gasteiger partial charge in [0.2, 0.25) is 0 Å². The molecule has 0 bridgehead atoms. The molecule has 2 aromatic heterocycles. The van der Waals surface area contributed by atoms with Crippen molar-refractivity contribution in [2.24, 2.45) is 7.05 Å². The third-order valence-electron chi connectivity index (χ3n) is 5.81. The number of aliphatic carboxylic acids is 1.